The molecule has 6 aromatic rings. The first-order valence-corrected chi connectivity index (χ1v) is 12.6. The fourth-order valence-electron chi connectivity index (χ4n) is 4.50. The second-order valence-electron chi connectivity index (χ2n) is 9.31. The fourth-order valence-corrected chi connectivity index (χ4v) is 4.50. The maximum absolute atomic E-state index is 13.6. The Balaban J connectivity index is 1.38. The highest BCUT2D eigenvalue weighted by Crippen LogP contribution is 2.27. The van der Waals surface area contributed by atoms with Crippen LogP contribution in [-0.2, 0) is 0 Å². The molecule has 0 saturated heterocycles. The van der Waals surface area contributed by atoms with Crippen LogP contribution in [0.5, 0.6) is 5.75 Å². The Hall–Kier alpha value is -5.17. The number of fused-ring (bicyclic) bond motifs is 2. The van der Waals surface area contributed by atoms with Crippen molar-refractivity contribution in [1.29, 1.82) is 0 Å². The van der Waals surface area contributed by atoms with Gasteiger partial charge in [-0.15, -0.1) is 0 Å². The Morgan fingerprint density at radius 2 is 1.74 bits per heavy atom. The zero-order valence-electron chi connectivity index (χ0n) is 21.8. The number of rotatable bonds is 5. The van der Waals surface area contributed by atoms with E-state index in [4.69, 9.17) is 14.1 Å². The zero-order valence-corrected chi connectivity index (χ0v) is 21.8. The van der Waals surface area contributed by atoms with E-state index in [1.165, 1.54) is 0 Å². The van der Waals surface area contributed by atoms with E-state index < -0.39 is 0 Å². The molecule has 192 valence electrons. The van der Waals surface area contributed by atoms with Gasteiger partial charge in [0.15, 0.2) is 11.3 Å². The standard InChI is InChI=1S/C32H26N4O3/c1-19-8-6-12-25(20(19)2)36-32-24(18-22-9-7-13-28(38-3)29(22)39-32)31(37)33-23-16-14-21(15-17-23)30-34-26-10-4-5-11-27(26)35-30/h4-18H,1-3H3,(H,33,37)(H,34,35). The molecule has 2 heterocycles. The number of hydrogen-bond acceptors (Lipinski definition) is 5. The Morgan fingerprint density at radius 3 is 2.54 bits per heavy atom. The van der Waals surface area contributed by atoms with Gasteiger partial charge in [0.2, 0.25) is 5.55 Å². The molecular formula is C32H26N4O3. The molecule has 7 heteroatoms. The molecule has 6 rings (SSSR count). The number of methoxy groups -OCH3 is 1. The minimum Gasteiger partial charge on any atom is -0.493 e. The van der Waals surface area contributed by atoms with Crippen molar-refractivity contribution in [3.8, 4) is 17.1 Å². The Kier molecular flexibility index (Phi) is 6.17. The van der Waals surface area contributed by atoms with Crippen LogP contribution in [0.3, 0.4) is 0 Å². The van der Waals surface area contributed by atoms with Gasteiger partial charge in [0, 0.05) is 16.6 Å². The van der Waals surface area contributed by atoms with Crippen LogP contribution in [0, 0.1) is 13.8 Å². The number of carbonyl (C=O) groups is 1. The van der Waals surface area contributed by atoms with Crippen LogP contribution in [0.1, 0.15) is 21.5 Å². The molecule has 4 aromatic carbocycles. The van der Waals surface area contributed by atoms with Crippen molar-refractivity contribution in [2.24, 2.45) is 4.99 Å². The highest BCUT2D eigenvalue weighted by atomic mass is 16.5. The lowest BCUT2D eigenvalue weighted by Gasteiger charge is -2.10. The number of aryl methyl sites for hydroxylation is 1. The number of benzene rings is 4. The van der Waals surface area contributed by atoms with Gasteiger partial charge in [-0.25, -0.2) is 9.98 Å². The number of amides is 1. The summed E-state index contributed by atoms with van der Waals surface area (Å²) in [4.78, 5) is 26.3. The van der Waals surface area contributed by atoms with Crippen LogP contribution in [0.2, 0.25) is 0 Å². The molecule has 0 aliphatic rings. The predicted molar refractivity (Wildman–Crippen MR) is 153 cm³/mol. The molecule has 1 amide bonds. The van der Waals surface area contributed by atoms with E-state index in [-0.39, 0.29) is 11.5 Å². The van der Waals surface area contributed by atoms with Gasteiger partial charge in [-0.3, -0.25) is 4.79 Å². The smallest absolute Gasteiger partial charge is 0.261 e. The van der Waals surface area contributed by atoms with Crippen molar-refractivity contribution in [3.05, 3.63) is 113 Å². The molecule has 39 heavy (non-hydrogen) atoms. The lowest BCUT2D eigenvalue weighted by Crippen LogP contribution is -2.21. The van der Waals surface area contributed by atoms with E-state index in [0.717, 1.165) is 44.6 Å². The predicted octanol–water partition coefficient (Wildman–Crippen LogP) is 7.09. The van der Waals surface area contributed by atoms with Crippen LogP contribution < -0.4 is 15.6 Å². The molecule has 0 spiro atoms. The van der Waals surface area contributed by atoms with Crippen LogP contribution in [-0.4, -0.2) is 23.0 Å². The first-order valence-electron chi connectivity index (χ1n) is 12.6. The number of imidazole rings is 1. The number of nitrogens with one attached hydrogen (secondary N) is 2. The minimum absolute atomic E-state index is 0.206. The number of anilines is 1. The number of H-pyrrole nitrogens is 1. The third-order valence-electron chi connectivity index (χ3n) is 6.81. The summed E-state index contributed by atoms with van der Waals surface area (Å²) in [7, 11) is 1.58. The fraction of sp³-hybridized carbons (Fsp3) is 0.0938. The van der Waals surface area contributed by atoms with Crippen molar-refractivity contribution in [2.75, 3.05) is 12.4 Å². The third-order valence-corrected chi connectivity index (χ3v) is 6.81. The largest absolute Gasteiger partial charge is 0.493 e. The van der Waals surface area contributed by atoms with E-state index >= 15 is 0 Å². The van der Waals surface area contributed by atoms with Crippen LogP contribution in [0.15, 0.2) is 100 Å². The number of hydrogen-bond donors (Lipinski definition) is 2. The van der Waals surface area contributed by atoms with Crippen LogP contribution in [0.4, 0.5) is 11.4 Å². The van der Waals surface area contributed by atoms with Crippen molar-refractivity contribution >= 4 is 39.3 Å². The number of nitrogens with zero attached hydrogens (tertiary/aromatic N) is 2. The lowest BCUT2D eigenvalue weighted by atomic mass is 10.1. The third kappa shape index (κ3) is 4.66. The summed E-state index contributed by atoms with van der Waals surface area (Å²) in [6.07, 6.45) is 0. The molecule has 0 bridgehead atoms. The first-order chi connectivity index (χ1) is 19.0. The van der Waals surface area contributed by atoms with Gasteiger partial charge in [-0.05, 0) is 79.6 Å². The lowest BCUT2D eigenvalue weighted by molar-refractivity contribution is 0.102. The van der Waals surface area contributed by atoms with Gasteiger partial charge in [0.05, 0.1) is 23.8 Å². The summed E-state index contributed by atoms with van der Waals surface area (Å²) in [6.45, 7) is 4.02. The number of para-hydroxylation sites is 3. The number of aromatic nitrogens is 2. The Bertz CT molecular complexity index is 1880. The second kappa shape index (κ2) is 9.95. The molecule has 0 saturated carbocycles. The molecule has 2 N–H and O–H groups in total. The van der Waals surface area contributed by atoms with Gasteiger partial charge < -0.3 is 19.5 Å². The second-order valence-corrected chi connectivity index (χ2v) is 9.31. The molecule has 0 atom stereocenters. The van der Waals surface area contributed by atoms with Gasteiger partial charge >= 0.3 is 0 Å². The van der Waals surface area contributed by atoms with E-state index in [2.05, 4.69) is 15.3 Å². The van der Waals surface area contributed by atoms with Crippen molar-refractivity contribution < 1.29 is 13.9 Å². The quantitative estimate of drug-likeness (QED) is 0.257. The van der Waals surface area contributed by atoms with Gasteiger partial charge in [-0.2, -0.15) is 0 Å². The Labute approximate surface area is 224 Å². The summed E-state index contributed by atoms with van der Waals surface area (Å²) >= 11 is 0. The average molecular weight is 515 g/mol. The Morgan fingerprint density at radius 1 is 0.949 bits per heavy atom. The summed E-state index contributed by atoms with van der Waals surface area (Å²) in [5.41, 5.74) is 7.34. The van der Waals surface area contributed by atoms with Gasteiger partial charge in [0.25, 0.3) is 5.91 Å². The molecule has 0 aliphatic heterocycles. The van der Waals surface area contributed by atoms with Crippen molar-refractivity contribution in [3.63, 3.8) is 0 Å². The maximum Gasteiger partial charge on any atom is 0.261 e. The highest BCUT2D eigenvalue weighted by molar-refractivity contribution is 6.05. The molecule has 0 fully saturated rings. The van der Waals surface area contributed by atoms with Crippen LogP contribution >= 0.6 is 0 Å². The summed E-state index contributed by atoms with van der Waals surface area (Å²) in [6, 6.07) is 28.6. The number of carbonyl (C=O) groups excluding carboxylic acids is 1. The number of aromatic amines is 1. The molecule has 0 aliphatic carbocycles. The summed E-state index contributed by atoms with van der Waals surface area (Å²) in [5, 5.41) is 3.72. The molecular weight excluding hydrogens is 488 g/mol. The highest BCUT2D eigenvalue weighted by Gasteiger charge is 2.16. The molecule has 2 aromatic heterocycles. The van der Waals surface area contributed by atoms with E-state index in [9.17, 15) is 4.79 Å². The maximum atomic E-state index is 13.6. The summed E-state index contributed by atoms with van der Waals surface area (Å²) in [5.74, 6) is 1.01. The molecule has 7 nitrogen and oxygen atoms in total. The minimum atomic E-state index is -0.330. The van der Waals surface area contributed by atoms with Gasteiger partial charge in [-0.1, -0.05) is 36.4 Å². The average Bonchev–Trinajstić information content (AvgIpc) is 3.39. The number of ether oxygens (including phenoxy) is 1. The topological polar surface area (TPSA) is 92.5 Å². The first kappa shape index (κ1) is 24.2. The molecule has 0 radical (unpaired) electrons. The normalized spacial score (nSPS) is 11.7. The van der Waals surface area contributed by atoms with Gasteiger partial charge in [0.1, 0.15) is 11.4 Å². The van der Waals surface area contributed by atoms with Crippen LogP contribution in [0.25, 0.3) is 33.4 Å². The monoisotopic (exact) mass is 514 g/mol. The van der Waals surface area contributed by atoms with E-state index in [1.54, 1.807) is 13.2 Å². The summed E-state index contributed by atoms with van der Waals surface area (Å²) < 4.78 is 11.7. The SMILES string of the molecule is COc1cccc2cc(C(=O)Nc3ccc(-c4nc5ccccc5[nH]4)cc3)c(=Nc3cccc(C)c3C)oc12. The van der Waals surface area contributed by atoms with Crippen molar-refractivity contribution in [1.82, 2.24) is 9.97 Å². The van der Waals surface area contributed by atoms with E-state index in [0.29, 0.717) is 22.6 Å². The van der Waals surface area contributed by atoms with Crippen molar-refractivity contribution in [2.45, 2.75) is 13.8 Å². The van der Waals surface area contributed by atoms with E-state index in [1.807, 2.05) is 98.8 Å². The zero-order chi connectivity index (χ0) is 26.9. The molecule has 0 unspecified atom stereocenters.